The number of hydrogen-bond donors (Lipinski definition) is 1. The third-order valence-corrected chi connectivity index (χ3v) is 2.93. The lowest BCUT2D eigenvalue weighted by molar-refractivity contribution is 0.0236. The van der Waals surface area contributed by atoms with Crippen LogP contribution in [0.4, 0.5) is 0 Å². The molecule has 2 heterocycles. The zero-order chi connectivity index (χ0) is 12.3. The Bertz CT molecular complexity index is 417. The number of ether oxygens (including phenoxy) is 2. The van der Waals surface area contributed by atoms with Crippen LogP contribution >= 0.6 is 12.2 Å². The quantitative estimate of drug-likeness (QED) is 0.828. The van der Waals surface area contributed by atoms with Crippen LogP contribution in [0, 0.1) is 6.92 Å². The molecule has 0 radical (unpaired) electrons. The molecule has 0 aliphatic carbocycles. The first-order chi connectivity index (χ1) is 8.16. The highest BCUT2D eigenvalue weighted by Crippen LogP contribution is 2.20. The minimum atomic E-state index is 0.145. The average Bonchev–Trinajstić information content (AvgIpc) is 2.30. The average molecular weight is 252 g/mol. The normalized spacial score (nSPS) is 16.8. The third-order valence-electron chi connectivity index (χ3n) is 2.71. The molecule has 1 aliphatic heterocycles. The summed E-state index contributed by atoms with van der Waals surface area (Å²) >= 11 is 4.99. The summed E-state index contributed by atoms with van der Waals surface area (Å²) in [6.45, 7) is 3.39. The van der Waals surface area contributed by atoms with Crippen LogP contribution in [0.2, 0.25) is 0 Å². The number of aryl methyl sites for hydroxylation is 1. The molecule has 0 amide bonds. The molecule has 0 aromatic carbocycles. The van der Waals surface area contributed by atoms with Gasteiger partial charge in [-0.1, -0.05) is 12.2 Å². The van der Waals surface area contributed by atoms with E-state index >= 15 is 0 Å². The van der Waals surface area contributed by atoms with Gasteiger partial charge in [-0.15, -0.1) is 0 Å². The second-order valence-electron chi connectivity index (χ2n) is 4.10. The monoisotopic (exact) mass is 252 g/mol. The Morgan fingerprint density at radius 1 is 1.47 bits per heavy atom. The lowest BCUT2D eigenvalue weighted by atomic mass is 10.1. The second-order valence-corrected chi connectivity index (χ2v) is 4.54. The van der Waals surface area contributed by atoms with E-state index in [0.29, 0.717) is 16.4 Å². The van der Waals surface area contributed by atoms with Crippen LogP contribution in [-0.2, 0) is 4.74 Å². The van der Waals surface area contributed by atoms with Crippen LogP contribution in [0.25, 0.3) is 0 Å². The van der Waals surface area contributed by atoms with Crippen molar-refractivity contribution in [1.82, 2.24) is 4.98 Å². The van der Waals surface area contributed by atoms with Gasteiger partial charge in [0, 0.05) is 18.5 Å². The van der Waals surface area contributed by atoms with Gasteiger partial charge in [-0.25, -0.2) is 4.98 Å². The molecule has 0 atom stereocenters. The van der Waals surface area contributed by atoms with E-state index < -0.39 is 0 Å². The van der Waals surface area contributed by atoms with Crippen molar-refractivity contribution in [3.63, 3.8) is 0 Å². The largest absolute Gasteiger partial charge is 0.474 e. The number of nitrogens with zero attached hydrogens (tertiary/aromatic N) is 1. The van der Waals surface area contributed by atoms with Crippen molar-refractivity contribution < 1.29 is 9.47 Å². The van der Waals surface area contributed by atoms with E-state index in [1.54, 1.807) is 0 Å². The fourth-order valence-corrected chi connectivity index (χ4v) is 1.92. The van der Waals surface area contributed by atoms with E-state index in [4.69, 9.17) is 27.4 Å². The molecule has 92 valence electrons. The number of thiocarbonyl (C=S) groups is 1. The Hall–Kier alpha value is -1.20. The highest BCUT2D eigenvalue weighted by Gasteiger charge is 2.18. The molecule has 1 aromatic rings. The van der Waals surface area contributed by atoms with Gasteiger partial charge in [0.2, 0.25) is 5.88 Å². The summed E-state index contributed by atoms with van der Waals surface area (Å²) in [7, 11) is 0. The highest BCUT2D eigenvalue weighted by molar-refractivity contribution is 7.80. The summed E-state index contributed by atoms with van der Waals surface area (Å²) in [5, 5.41) is 0. The molecule has 5 heteroatoms. The first-order valence-electron chi connectivity index (χ1n) is 5.68. The Morgan fingerprint density at radius 3 is 2.82 bits per heavy atom. The minimum Gasteiger partial charge on any atom is -0.474 e. The summed E-state index contributed by atoms with van der Waals surface area (Å²) in [6.07, 6.45) is 1.91. The van der Waals surface area contributed by atoms with Crippen LogP contribution in [0.1, 0.15) is 24.1 Å². The number of aromatic nitrogens is 1. The maximum absolute atomic E-state index is 5.87. The lowest BCUT2D eigenvalue weighted by Crippen LogP contribution is -2.27. The van der Waals surface area contributed by atoms with Crippen molar-refractivity contribution in [3.05, 3.63) is 23.4 Å². The van der Waals surface area contributed by atoms with Crippen molar-refractivity contribution in [2.24, 2.45) is 5.73 Å². The molecular weight excluding hydrogens is 236 g/mol. The Labute approximate surface area is 106 Å². The molecule has 0 saturated carbocycles. The van der Waals surface area contributed by atoms with Crippen molar-refractivity contribution in [2.75, 3.05) is 13.2 Å². The molecule has 4 nitrogen and oxygen atoms in total. The van der Waals surface area contributed by atoms with Crippen molar-refractivity contribution in [1.29, 1.82) is 0 Å². The summed E-state index contributed by atoms with van der Waals surface area (Å²) in [5.41, 5.74) is 7.26. The van der Waals surface area contributed by atoms with Crippen LogP contribution in [0.15, 0.2) is 12.1 Å². The maximum Gasteiger partial charge on any atom is 0.224 e. The van der Waals surface area contributed by atoms with E-state index in [9.17, 15) is 0 Å². The lowest BCUT2D eigenvalue weighted by Gasteiger charge is -2.23. The molecule has 2 N–H and O–H groups in total. The van der Waals surface area contributed by atoms with Gasteiger partial charge in [0.15, 0.2) is 0 Å². The van der Waals surface area contributed by atoms with Crippen LogP contribution < -0.4 is 10.5 Å². The van der Waals surface area contributed by atoms with E-state index in [1.807, 2.05) is 19.1 Å². The number of pyridine rings is 1. The summed E-state index contributed by atoms with van der Waals surface area (Å²) in [4.78, 5) is 4.68. The van der Waals surface area contributed by atoms with Crippen LogP contribution in [-0.4, -0.2) is 29.3 Å². The maximum atomic E-state index is 5.87. The molecular formula is C12H16N2O2S. The first-order valence-corrected chi connectivity index (χ1v) is 6.09. The summed E-state index contributed by atoms with van der Waals surface area (Å²) in [6, 6.07) is 3.74. The van der Waals surface area contributed by atoms with Gasteiger partial charge in [0.1, 0.15) is 11.1 Å². The Balaban J connectivity index is 2.17. The fourth-order valence-electron chi connectivity index (χ4n) is 1.76. The zero-order valence-electron chi connectivity index (χ0n) is 9.81. The fraction of sp³-hybridized carbons (Fsp3) is 0.500. The van der Waals surface area contributed by atoms with Gasteiger partial charge < -0.3 is 15.2 Å². The van der Waals surface area contributed by atoms with Crippen LogP contribution in [0.5, 0.6) is 5.88 Å². The summed E-state index contributed by atoms with van der Waals surface area (Å²) < 4.78 is 11.2. The highest BCUT2D eigenvalue weighted by atomic mass is 32.1. The van der Waals surface area contributed by atoms with Gasteiger partial charge in [0.05, 0.1) is 18.8 Å². The predicted molar refractivity (Wildman–Crippen MR) is 69.3 cm³/mol. The minimum absolute atomic E-state index is 0.145. The standard InChI is InChI=1S/C12H16N2O2S/c1-8-2-3-10(11(13)17)12(14-8)16-9-4-6-15-7-5-9/h2-3,9H,4-7H2,1H3,(H2,13,17). The van der Waals surface area contributed by atoms with Gasteiger partial charge >= 0.3 is 0 Å². The number of rotatable bonds is 3. The molecule has 0 bridgehead atoms. The molecule has 2 rings (SSSR count). The first kappa shape index (κ1) is 12.3. The number of hydrogen-bond acceptors (Lipinski definition) is 4. The van der Waals surface area contributed by atoms with E-state index in [2.05, 4.69) is 4.98 Å². The number of nitrogens with two attached hydrogens (primary N) is 1. The molecule has 1 aliphatic rings. The molecule has 0 spiro atoms. The Morgan fingerprint density at radius 2 is 2.18 bits per heavy atom. The SMILES string of the molecule is Cc1ccc(C(N)=S)c(OC2CCOCC2)n1. The van der Waals surface area contributed by atoms with Gasteiger partial charge in [-0.2, -0.15) is 0 Å². The molecule has 1 fully saturated rings. The van der Waals surface area contributed by atoms with E-state index in [0.717, 1.165) is 31.7 Å². The van der Waals surface area contributed by atoms with Crippen LogP contribution in [0.3, 0.4) is 0 Å². The molecule has 17 heavy (non-hydrogen) atoms. The smallest absolute Gasteiger partial charge is 0.224 e. The van der Waals surface area contributed by atoms with E-state index in [-0.39, 0.29) is 6.10 Å². The van der Waals surface area contributed by atoms with Crippen molar-refractivity contribution in [3.8, 4) is 5.88 Å². The third kappa shape index (κ3) is 3.14. The molecule has 0 unspecified atom stereocenters. The molecule has 1 saturated heterocycles. The second kappa shape index (κ2) is 5.42. The van der Waals surface area contributed by atoms with Gasteiger partial charge in [-0.3, -0.25) is 0 Å². The van der Waals surface area contributed by atoms with Gasteiger partial charge in [-0.05, 0) is 19.1 Å². The predicted octanol–water partition coefficient (Wildman–Crippen LogP) is 1.58. The zero-order valence-corrected chi connectivity index (χ0v) is 10.6. The van der Waals surface area contributed by atoms with Crippen molar-refractivity contribution in [2.45, 2.75) is 25.9 Å². The topological polar surface area (TPSA) is 57.4 Å². The van der Waals surface area contributed by atoms with Crippen molar-refractivity contribution >= 4 is 17.2 Å². The molecule has 1 aromatic heterocycles. The Kier molecular flexibility index (Phi) is 3.91. The van der Waals surface area contributed by atoms with Gasteiger partial charge in [0.25, 0.3) is 0 Å². The van der Waals surface area contributed by atoms with E-state index in [1.165, 1.54) is 0 Å². The summed E-state index contributed by atoms with van der Waals surface area (Å²) in [5.74, 6) is 0.546.